The lowest BCUT2D eigenvalue weighted by Crippen LogP contribution is -2.59. The molecule has 0 saturated carbocycles. The maximum absolute atomic E-state index is 14.1. The van der Waals surface area contributed by atoms with Crippen molar-refractivity contribution in [3.63, 3.8) is 0 Å². The molecule has 16 heteroatoms. The van der Waals surface area contributed by atoms with Crippen molar-refractivity contribution in [2.75, 3.05) is 49.9 Å². The van der Waals surface area contributed by atoms with E-state index in [9.17, 15) is 24.3 Å². The Balaban J connectivity index is 1.17. The number of ether oxygens (including phenoxy) is 1. The SMILES string of the molecule is CC(=O)OCc1cc(N2CCN(CC(=O)NC(C(=O)N3C[C@H](O)C[C@H]3C(=O)N[C@@H](C)c3ccc(-c4scnc4C)cc3)C(C)(C)C)CC2)c(N)nn1. The van der Waals surface area contributed by atoms with Crippen LogP contribution in [0.5, 0.6) is 0 Å². The highest BCUT2D eigenvalue weighted by molar-refractivity contribution is 7.13. The summed E-state index contributed by atoms with van der Waals surface area (Å²) in [5, 5.41) is 24.6. The van der Waals surface area contributed by atoms with Gasteiger partial charge in [0.05, 0.1) is 40.5 Å². The smallest absolute Gasteiger partial charge is 0.303 e. The third-order valence-electron chi connectivity index (χ3n) is 9.42. The summed E-state index contributed by atoms with van der Waals surface area (Å²) >= 11 is 1.57. The van der Waals surface area contributed by atoms with E-state index in [2.05, 4.69) is 25.8 Å². The van der Waals surface area contributed by atoms with E-state index in [4.69, 9.17) is 10.5 Å². The molecule has 0 bridgehead atoms. The predicted molar refractivity (Wildman–Crippen MR) is 197 cm³/mol. The second kappa shape index (κ2) is 16.3. The van der Waals surface area contributed by atoms with Gasteiger partial charge < -0.3 is 36.0 Å². The molecule has 2 aliphatic heterocycles. The highest BCUT2D eigenvalue weighted by Gasteiger charge is 2.44. The average molecular weight is 736 g/mol. The van der Waals surface area contributed by atoms with Crippen LogP contribution in [0, 0.1) is 12.3 Å². The second-order valence-corrected chi connectivity index (χ2v) is 15.4. The molecule has 2 fully saturated rings. The summed E-state index contributed by atoms with van der Waals surface area (Å²) in [6, 6.07) is 7.53. The van der Waals surface area contributed by atoms with Crippen molar-refractivity contribution in [1.29, 1.82) is 0 Å². The number of benzene rings is 1. The first-order valence-corrected chi connectivity index (χ1v) is 18.3. The molecule has 280 valence electrons. The molecule has 2 aromatic heterocycles. The van der Waals surface area contributed by atoms with Crippen molar-refractivity contribution in [2.45, 2.75) is 78.8 Å². The first-order chi connectivity index (χ1) is 24.6. The Morgan fingerprint density at radius 1 is 1.08 bits per heavy atom. The maximum atomic E-state index is 14.1. The van der Waals surface area contributed by atoms with Crippen molar-refractivity contribution in [1.82, 2.24) is 35.6 Å². The molecule has 5 rings (SSSR count). The van der Waals surface area contributed by atoms with Crippen LogP contribution in [0.3, 0.4) is 0 Å². The van der Waals surface area contributed by atoms with Gasteiger partial charge in [-0.3, -0.25) is 24.1 Å². The van der Waals surface area contributed by atoms with Crippen LogP contribution >= 0.6 is 11.3 Å². The molecule has 1 aromatic carbocycles. The topological polar surface area (TPSA) is 196 Å². The van der Waals surface area contributed by atoms with Crippen LogP contribution < -0.4 is 21.3 Å². The number of anilines is 2. The third-order valence-corrected chi connectivity index (χ3v) is 10.4. The van der Waals surface area contributed by atoms with Crippen LogP contribution in [0.25, 0.3) is 10.4 Å². The third kappa shape index (κ3) is 9.40. The van der Waals surface area contributed by atoms with Crippen molar-refractivity contribution >= 4 is 46.5 Å². The molecule has 1 unspecified atom stereocenters. The number of piperazine rings is 1. The fraction of sp³-hybridized carbons (Fsp3) is 0.528. The van der Waals surface area contributed by atoms with Crippen LogP contribution in [-0.4, -0.2) is 111 Å². The number of amides is 3. The van der Waals surface area contributed by atoms with E-state index < -0.39 is 35.5 Å². The number of carbonyl (C=O) groups excluding carboxylic acids is 4. The Kier molecular flexibility index (Phi) is 12.1. The first kappa shape index (κ1) is 38.6. The number of aryl methyl sites for hydroxylation is 1. The largest absolute Gasteiger partial charge is 0.459 e. The normalized spacial score (nSPS) is 19.2. The quantitative estimate of drug-likeness (QED) is 0.210. The van der Waals surface area contributed by atoms with Crippen LogP contribution in [0.4, 0.5) is 11.5 Å². The van der Waals surface area contributed by atoms with Crippen molar-refractivity contribution in [3.05, 3.63) is 52.8 Å². The monoisotopic (exact) mass is 735 g/mol. The zero-order valence-electron chi connectivity index (χ0n) is 30.6. The number of rotatable bonds is 11. The van der Waals surface area contributed by atoms with Gasteiger partial charge >= 0.3 is 5.97 Å². The molecule has 0 radical (unpaired) electrons. The number of nitrogens with two attached hydrogens (primary N) is 1. The van der Waals surface area contributed by atoms with Crippen molar-refractivity contribution in [3.8, 4) is 10.4 Å². The van der Waals surface area contributed by atoms with Crippen LogP contribution in [0.2, 0.25) is 0 Å². The van der Waals surface area contributed by atoms with E-state index in [1.807, 2.05) is 74.2 Å². The fourth-order valence-electron chi connectivity index (χ4n) is 6.50. The first-order valence-electron chi connectivity index (χ1n) is 17.4. The molecular weight excluding hydrogens is 687 g/mol. The van der Waals surface area contributed by atoms with Gasteiger partial charge in [-0.1, -0.05) is 45.0 Å². The Bertz CT molecular complexity index is 1750. The summed E-state index contributed by atoms with van der Waals surface area (Å²) in [6.07, 6.45) is -0.766. The van der Waals surface area contributed by atoms with Gasteiger partial charge in [0.2, 0.25) is 17.7 Å². The average Bonchev–Trinajstić information content (AvgIpc) is 3.71. The minimum Gasteiger partial charge on any atom is -0.459 e. The van der Waals surface area contributed by atoms with E-state index in [1.165, 1.54) is 11.8 Å². The molecule has 52 heavy (non-hydrogen) atoms. The fourth-order valence-corrected chi connectivity index (χ4v) is 7.31. The number of nitrogen functional groups attached to an aromatic ring is 1. The summed E-state index contributed by atoms with van der Waals surface area (Å²) in [5.41, 5.74) is 11.3. The molecule has 0 aliphatic carbocycles. The van der Waals surface area contributed by atoms with Crippen molar-refractivity contribution < 1.29 is 29.0 Å². The molecule has 5 N–H and O–H groups in total. The predicted octanol–water partition coefficient (Wildman–Crippen LogP) is 2.05. The highest BCUT2D eigenvalue weighted by Crippen LogP contribution is 2.30. The molecule has 3 aromatic rings. The van der Waals surface area contributed by atoms with Gasteiger partial charge in [0.1, 0.15) is 24.4 Å². The molecule has 3 amide bonds. The zero-order valence-corrected chi connectivity index (χ0v) is 31.4. The van der Waals surface area contributed by atoms with Crippen molar-refractivity contribution in [2.24, 2.45) is 5.41 Å². The van der Waals surface area contributed by atoms with Crippen LogP contribution in [-0.2, 0) is 30.5 Å². The van der Waals surface area contributed by atoms with E-state index in [0.717, 1.165) is 21.7 Å². The van der Waals surface area contributed by atoms with E-state index >= 15 is 0 Å². The highest BCUT2D eigenvalue weighted by atomic mass is 32.1. The number of nitrogens with one attached hydrogen (secondary N) is 2. The number of nitrogens with zero attached hydrogens (tertiary/aromatic N) is 6. The molecule has 0 spiro atoms. The summed E-state index contributed by atoms with van der Waals surface area (Å²) in [5.74, 6) is -1.25. The Hall–Kier alpha value is -4.67. The van der Waals surface area contributed by atoms with E-state index in [-0.39, 0.29) is 49.8 Å². The molecular formula is C36H49N9O6S. The van der Waals surface area contributed by atoms with Gasteiger partial charge in [-0.15, -0.1) is 21.5 Å². The summed E-state index contributed by atoms with van der Waals surface area (Å²) < 4.78 is 5.03. The number of thiazole rings is 1. The summed E-state index contributed by atoms with van der Waals surface area (Å²) in [7, 11) is 0. The Morgan fingerprint density at radius 2 is 1.77 bits per heavy atom. The van der Waals surface area contributed by atoms with Crippen LogP contribution in [0.15, 0.2) is 35.8 Å². The van der Waals surface area contributed by atoms with Gasteiger partial charge in [0.15, 0.2) is 5.82 Å². The van der Waals surface area contributed by atoms with Gasteiger partial charge in [-0.2, -0.15) is 0 Å². The van der Waals surface area contributed by atoms with Gasteiger partial charge in [0, 0.05) is 46.1 Å². The zero-order chi connectivity index (χ0) is 37.7. The Labute approximate surface area is 307 Å². The van der Waals surface area contributed by atoms with Crippen LogP contribution in [0.1, 0.15) is 64.0 Å². The summed E-state index contributed by atoms with van der Waals surface area (Å²) in [4.78, 5) is 63.2. The lowest BCUT2D eigenvalue weighted by Gasteiger charge is -2.38. The van der Waals surface area contributed by atoms with Gasteiger partial charge in [0.25, 0.3) is 0 Å². The lowest BCUT2D eigenvalue weighted by atomic mass is 9.85. The molecule has 4 heterocycles. The number of aliphatic hydroxyl groups is 1. The number of likely N-dealkylation sites (tertiary alicyclic amines) is 1. The maximum Gasteiger partial charge on any atom is 0.303 e. The summed E-state index contributed by atoms with van der Waals surface area (Å²) in [6.45, 7) is 13.0. The van der Waals surface area contributed by atoms with E-state index in [0.29, 0.717) is 37.6 Å². The minimum absolute atomic E-state index is 0.00576. The number of β-amino-alcohol motifs (C(OH)–C–C–N with tert-alkyl or cyclic N) is 1. The number of carbonyl (C=O) groups is 4. The molecule has 15 nitrogen and oxygen atoms in total. The Morgan fingerprint density at radius 3 is 2.38 bits per heavy atom. The number of aliphatic hydroxyl groups excluding tert-OH is 1. The standard InChI is InChI=1S/C36H49N9O6S/c1-21(24-7-9-25(10-8-24)31-22(2)38-20-52-31)39-34(49)29-16-27(47)17-45(29)35(50)32(36(4,5)6)40-30(48)18-43-11-13-44(14-12-43)28-15-26(19-51-23(3)46)41-42-33(28)37/h7-10,15,20-21,27,29,32,47H,11-14,16-19H2,1-6H3,(H2,37,42)(H,39,49)(H,40,48)/t21-,27+,29-,32?/m0/s1. The number of esters is 1. The lowest BCUT2D eigenvalue weighted by molar-refractivity contribution is -0.144. The second-order valence-electron chi connectivity index (χ2n) is 14.5. The number of hydrogen-bond acceptors (Lipinski definition) is 13. The number of aromatic nitrogens is 3. The van der Waals surface area contributed by atoms with Gasteiger partial charge in [-0.05, 0) is 36.5 Å². The van der Waals surface area contributed by atoms with E-state index in [1.54, 1.807) is 17.4 Å². The molecule has 2 saturated heterocycles. The number of hydrogen-bond donors (Lipinski definition) is 4. The molecule has 2 aliphatic rings. The molecule has 4 atom stereocenters. The van der Waals surface area contributed by atoms with Gasteiger partial charge in [-0.25, -0.2) is 4.98 Å². The minimum atomic E-state index is -0.930.